The Kier molecular flexibility index (Phi) is 4.55. The van der Waals surface area contributed by atoms with Crippen LogP contribution in [0.2, 0.25) is 0 Å². The van der Waals surface area contributed by atoms with Gasteiger partial charge in [0.1, 0.15) is 5.39 Å². The van der Waals surface area contributed by atoms with E-state index in [-0.39, 0.29) is 5.56 Å². The smallest absolute Gasteiger partial charge is 0.278 e. The van der Waals surface area contributed by atoms with Crippen molar-refractivity contribution >= 4 is 22.7 Å². The van der Waals surface area contributed by atoms with E-state index in [2.05, 4.69) is 50.4 Å². The van der Waals surface area contributed by atoms with E-state index in [0.717, 1.165) is 25.2 Å². The molecule has 5 rings (SSSR count). The van der Waals surface area contributed by atoms with Crippen molar-refractivity contribution in [2.45, 2.75) is 26.4 Å². The topological polar surface area (TPSA) is 80.9 Å². The van der Waals surface area contributed by atoms with Crippen LogP contribution >= 0.6 is 0 Å². The van der Waals surface area contributed by atoms with Gasteiger partial charge in [-0.15, -0.1) is 0 Å². The quantitative estimate of drug-likeness (QED) is 0.566. The molecule has 0 atom stereocenters. The number of nitrogens with one attached hydrogen (secondary N) is 1. The molecule has 8 heteroatoms. The molecule has 1 aliphatic heterocycles. The van der Waals surface area contributed by atoms with Gasteiger partial charge in [0.15, 0.2) is 11.5 Å². The number of anilines is 2. The van der Waals surface area contributed by atoms with E-state index >= 15 is 0 Å². The monoisotopic (exact) mass is 401 g/mol. The largest absolute Gasteiger partial charge is 0.324 e. The molecule has 0 radical (unpaired) electrons. The number of hydrogen-bond donors (Lipinski definition) is 1. The van der Waals surface area contributed by atoms with E-state index in [9.17, 15) is 4.79 Å². The van der Waals surface area contributed by atoms with Crippen LogP contribution in [-0.2, 0) is 19.5 Å². The third kappa shape index (κ3) is 3.15. The second-order valence-corrected chi connectivity index (χ2v) is 7.55. The van der Waals surface area contributed by atoms with Crippen LogP contribution in [0.3, 0.4) is 0 Å². The van der Waals surface area contributed by atoms with Crippen molar-refractivity contribution in [2.24, 2.45) is 0 Å². The van der Waals surface area contributed by atoms with Crippen LogP contribution in [-0.4, -0.2) is 42.8 Å². The fourth-order valence-electron chi connectivity index (χ4n) is 3.99. The Hall–Kier alpha value is -3.52. The van der Waals surface area contributed by atoms with E-state index in [4.69, 9.17) is 0 Å². The van der Waals surface area contributed by atoms with Gasteiger partial charge >= 0.3 is 0 Å². The summed E-state index contributed by atoms with van der Waals surface area (Å²) in [6.07, 6.45) is 4.36. The summed E-state index contributed by atoms with van der Waals surface area (Å²) in [5.41, 5.74) is 4.05. The lowest BCUT2D eigenvalue weighted by molar-refractivity contribution is 0.313. The fraction of sp³-hybridized carbons (Fsp3) is 0.273. The summed E-state index contributed by atoms with van der Waals surface area (Å²) in [5, 5.41) is 3.77. The lowest BCUT2D eigenvalue weighted by Crippen LogP contribution is -2.26. The molecule has 0 saturated carbocycles. The van der Waals surface area contributed by atoms with E-state index in [1.165, 1.54) is 11.1 Å². The molecule has 1 aromatic carbocycles. The molecule has 1 N–H and O–H groups in total. The average molecular weight is 401 g/mol. The first kappa shape index (κ1) is 18.5. The van der Waals surface area contributed by atoms with Gasteiger partial charge in [-0.3, -0.25) is 4.79 Å². The highest BCUT2D eigenvalue weighted by atomic mass is 16.1. The number of fused-ring (bicyclic) bond motifs is 2. The summed E-state index contributed by atoms with van der Waals surface area (Å²) >= 11 is 0. The molecule has 30 heavy (non-hydrogen) atoms. The third-order valence-corrected chi connectivity index (χ3v) is 5.51. The van der Waals surface area contributed by atoms with Crippen molar-refractivity contribution < 1.29 is 0 Å². The molecular weight excluding hydrogens is 378 g/mol. The van der Waals surface area contributed by atoms with E-state index in [1.807, 2.05) is 25.1 Å². The van der Waals surface area contributed by atoms with Crippen LogP contribution in [0.4, 0.5) is 11.6 Å². The van der Waals surface area contributed by atoms with E-state index in [1.54, 1.807) is 21.8 Å². The molecule has 4 aromatic rings. The highest BCUT2D eigenvalue weighted by molar-refractivity contribution is 5.77. The van der Waals surface area contributed by atoms with Gasteiger partial charge in [0.05, 0.1) is 0 Å². The maximum atomic E-state index is 12.8. The minimum Gasteiger partial charge on any atom is -0.324 e. The standard InChI is InChI=1S/C22H23N7O/c1-3-28-21(30)18-13-24-22(26-20(18)29(28)19-6-4-5-10-23-19)25-17-8-7-15-9-11-27(2)14-16(15)12-17/h4-8,10,12-13H,3,9,11,14H2,1-2H3,(H,24,25,26). The molecule has 8 nitrogen and oxygen atoms in total. The summed E-state index contributed by atoms with van der Waals surface area (Å²) < 4.78 is 3.38. The zero-order valence-corrected chi connectivity index (χ0v) is 17.0. The normalized spacial score (nSPS) is 14.1. The minimum atomic E-state index is -0.124. The fourth-order valence-corrected chi connectivity index (χ4v) is 3.99. The highest BCUT2D eigenvalue weighted by Gasteiger charge is 2.18. The van der Waals surface area contributed by atoms with Crippen molar-refractivity contribution in [3.05, 3.63) is 70.3 Å². The molecule has 3 aromatic heterocycles. The van der Waals surface area contributed by atoms with Gasteiger partial charge in [0, 0.05) is 37.7 Å². The second-order valence-electron chi connectivity index (χ2n) is 7.55. The number of rotatable bonds is 4. The Morgan fingerprint density at radius 2 is 2.03 bits per heavy atom. The van der Waals surface area contributed by atoms with Crippen molar-refractivity contribution in [3.63, 3.8) is 0 Å². The number of likely N-dealkylation sites (N-methyl/N-ethyl adjacent to an activating group) is 1. The maximum absolute atomic E-state index is 12.8. The molecule has 0 unspecified atom stereocenters. The maximum Gasteiger partial charge on any atom is 0.278 e. The molecule has 0 aliphatic carbocycles. The molecule has 0 amide bonds. The van der Waals surface area contributed by atoms with Gasteiger partial charge < -0.3 is 10.2 Å². The molecule has 4 heterocycles. The van der Waals surface area contributed by atoms with Crippen LogP contribution in [0.15, 0.2) is 53.6 Å². The van der Waals surface area contributed by atoms with Gasteiger partial charge in [-0.2, -0.15) is 4.98 Å². The Morgan fingerprint density at radius 3 is 2.83 bits per heavy atom. The Bertz CT molecular complexity index is 1280. The molecule has 0 saturated heterocycles. The number of hydrogen-bond acceptors (Lipinski definition) is 6. The minimum absolute atomic E-state index is 0.124. The van der Waals surface area contributed by atoms with Crippen molar-refractivity contribution in [2.75, 3.05) is 18.9 Å². The first-order valence-corrected chi connectivity index (χ1v) is 10.1. The predicted molar refractivity (Wildman–Crippen MR) is 116 cm³/mol. The Labute approximate surface area is 173 Å². The van der Waals surface area contributed by atoms with E-state index < -0.39 is 0 Å². The van der Waals surface area contributed by atoms with Crippen molar-refractivity contribution in [3.8, 4) is 5.82 Å². The molecule has 152 valence electrons. The third-order valence-electron chi connectivity index (χ3n) is 5.51. The Morgan fingerprint density at radius 1 is 1.13 bits per heavy atom. The van der Waals surface area contributed by atoms with Crippen LogP contribution in [0.1, 0.15) is 18.1 Å². The average Bonchev–Trinajstić information content (AvgIpc) is 3.05. The van der Waals surface area contributed by atoms with Gasteiger partial charge in [0.2, 0.25) is 5.95 Å². The van der Waals surface area contributed by atoms with Crippen LogP contribution in [0.25, 0.3) is 16.9 Å². The van der Waals surface area contributed by atoms with Crippen molar-refractivity contribution in [1.82, 2.24) is 29.2 Å². The van der Waals surface area contributed by atoms with Gasteiger partial charge in [-0.05, 0) is 55.8 Å². The summed E-state index contributed by atoms with van der Waals surface area (Å²) in [5.74, 6) is 1.09. The lowest BCUT2D eigenvalue weighted by Gasteiger charge is -2.25. The van der Waals surface area contributed by atoms with E-state index in [0.29, 0.717) is 29.3 Å². The summed E-state index contributed by atoms with van der Waals surface area (Å²) in [7, 11) is 2.13. The number of pyridine rings is 1. The molecule has 0 spiro atoms. The molecule has 1 aliphatic rings. The molecular formula is C22H23N7O. The zero-order valence-electron chi connectivity index (χ0n) is 17.0. The second kappa shape index (κ2) is 7.38. The van der Waals surface area contributed by atoms with Gasteiger partial charge in [-0.1, -0.05) is 12.1 Å². The molecule has 0 fully saturated rings. The predicted octanol–water partition coefficient (Wildman–Crippen LogP) is 2.73. The molecule has 0 bridgehead atoms. The van der Waals surface area contributed by atoms with Crippen LogP contribution < -0.4 is 10.9 Å². The first-order valence-electron chi connectivity index (χ1n) is 10.1. The summed E-state index contributed by atoms with van der Waals surface area (Å²) in [6.45, 7) is 4.45. The van der Waals surface area contributed by atoms with Crippen LogP contribution in [0.5, 0.6) is 0 Å². The summed E-state index contributed by atoms with van der Waals surface area (Å²) in [4.78, 5) is 28.6. The number of nitrogens with zero attached hydrogens (tertiary/aromatic N) is 6. The number of aromatic nitrogens is 5. The number of benzene rings is 1. The first-order chi connectivity index (χ1) is 14.6. The highest BCUT2D eigenvalue weighted by Crippen LogP contribution is 2.24. The SMILES string of the molecule is CCn1c(=O)c2cnc(Nc3ccc4c(c3)CN(C)CC4)nc2n1-c1ccccn1. The van der Waals surface area contributed by atoms with Gasteiger partial charge in [-0.25, -0.2) is 19.3 Å². The summed E-state index contributed by atoms with van der Waals surface area (Å²) in [6, 6.07) is 12.0. The van der Waals surface area contributed by atoms with Gasteiger partial charge in [0.25, 0.3) is 5.56 Å². The lowest BCUT2D eigenvalue weighted by atomic mass is 9.99. The van der Waals surface area contributed by atoms with Crippen molar-refractivity contribution in [1.29, 1.82) is 0 Å². The Balaban J connectivity index is 1.57. The zero-order chi connectivity index (χ0) is 20.7. The van der Waals surface area contributed by atoms with Crippen LogP contribution in [0, 0.1) is 0 Å².